The highest BCUT2D eigenvalue weighted by atomic mass is 32.2. The third-order valence-corrected chi connectivity index (χ3v) is 6.81. The Hall–Kier alpha value is -2.61. The lowest BCUT2D eigenvalue weighted by Crippen LogP contribution is -2.28. The number of sulfonamides is 1. The highest BCUT2D eigenvalue weighted by molar-refractivity contribution is 7.89. The number of aromatic nitrogens is 1. The minimum Gasteiger partial charge on any atom is -0.495 e. The van der Waals surface area contributed by atoms with Gasteiger partial charge in [0.2, 0.25) is 27.5 Å². The van der Waals surface area contributed by atoms with E-state index in [0.717, 1.165) is 25.8 Å². The maximum Gasteiger partial charge on any atom is 0.246 e. The fourth-order valence-electron chi connectivity index (χ4n) is 3.32. The van der Waals surface area contributed by atoms with Gasteiger partial charge in [-0.15, -0.1) is 0 Å². The van der Waals surface area contributed by atoms with Gasteiger partial charge in [0, 0.05) is 25.2 Å². The molecule has 162 valence electrons. The minimum absolute atomic E-state index is 0.0709. The molecule has 1 aromatic heterocycles. The second kappa shape index (κ2) is 9.47. The molecule has 0 saturated carbocycles. The van der Waals surface area contributed by atoms with Crippen LogP contribution in [0.5, 0.6) is 5.75 Å². The molecule has 1 aliphatic heterocycles. The van der Waals surface area contributed by atoms with Crippen LogP contribution in [-0.2, 0) is 10.0 Å². The fourth-order valence-corrected chi connectivity index (χ4v) is 5.01. The van der Waals surface area contributed by atoms with Gasteiger partial charge in [0.15, 0.2) is 0 Å². The van der Waals surface area contributed by atoms with Gasteiger partial charge < -0.3 is 19.4 Å². The van der Waals surface area contributed by atoms with Crippen molar-refractivity contribution in [2.24, 2.45) is 0 Å². The smallest absolute Gasteiger partial charge is 0.246 e. The molecule has 1 saturated heterocycles. The Labute approximate surface area is 177 Å². The first kappa shape index (κ1) is 22.1. The van der Waals surface area contributed by atoms with Crippen LogP contribution in [0.2, 0.25) is 0 Å². The SMILES string of the molecule is COc1ccc(-c2nc(C#N)c(NCCCN(C)C)o2)cc1S(=O)(=O)N1CCCC1. The number of nitrogens with zero attached hydrogens (tertiary/aromatic N) is 4. The van der Waals surface area contributed by atoms with E-state index in [1.807, 2.05) is 20.2 Å². The van der Waals surface area contributed by atoms with Crippen LogP contribution in [0.3, 0.4) is 0 Å². The molecule has 0 atom stereocenters. The minimum atomic E-state index is -3.69. The van der Waals surface area contributed by atoms with Crippen molar-refractivity contribution in [2.45, 2.75) is 24.2 Å². The van der Waals surface area contributed by atoms with Gasteiger partial charge in [-0.3, -0.25) is 0 Å². The summed E-state index contributed by atoms with van der Waals surface area (Å²) in [5, 5.41) is 12.5. The van der Waals surface area contributed by atoms with Gasteiger partial charge in [-0.2, -0.15) is 14.6 Å². The van der Waals surface area contributed by atoms with Crippen molar-refractivity contribution in [2.75, 3.05) is 52.7 Å². The topological polar surface area (TPSA) is 112 Å². The fraction of sp³-hybridized carbons (Fsp3) is 0.500. The van der Waals surface area contributed by atoms with Gasteiger partial charge in [0.1, 0.15) is 16.7 Å². The largest absolute Gasteiger partial charge is 0.495 e. The van der Waals surface area contributed by atoms with Gasteiger partial charge in [0.25, 0.3) is 0 Å². The molecule has 2 heterocycles. The molecule has 2 aromatic rings. The highest BCUT2D eigenvalue weighted by Crippen LogP contribution is 2.34. The summed E-state index contributed by atoms with van der Waals surface area (Å²) in [5.41, 5.74) is 0.598. The zero-order valence-electron chi connectivity index (χ0n) is 17.5. The van der Waals surface area contributed by atoms with E-state index in [1.165, 1.54) is 17.5 Å². The normalized spacial score (nSPS) is 14.8. The van der Waals surface area contributed by atoms with Crippen molar-refractivity contribution in [1.82, 2.24) is 14.2 Å². The summed E-state index contributed by atoms with van der Waals surface area (Å²) < 4.78 is 38.7. The van der Waals surface area contributed by atoms with E-state index in [9.17, 15) is 13.7 Å². The molecule has 0 unspecified atom stereocenters. The van der Waals surface area contributed by atoms with Crippen LogP contribution in [0.15, 0.2) is 27.5 Å². The molecule has 0 amide bonds. The molecule has 0 radical (unpaired) electrons. The maximum atomic E-state index is 13.1. The van der Waals surface area contributed by atoms with Crippen molar-refractivity contribution >= 4 is 15.9 Å². The van der Waals surface area contributed by atoms with Crippen molar-refractivity contribution in [3.8, 4) is 23.3 Å². The van der Waals surface area contributed by atoms with Crippen LogP contribution in [0.4, 0.5) is 5.88 Å². The molecular weight excluding hydrogens is 406 g/mol. The first-order chi connectivity index (χ1) is 14.4. The summed E-state index contributed by atoms with van der Waals surface area (Å²) in [5.74, 6) is 0.730. The van der Waals surface area contributed by atoms with Crippen molar-refractivity contribution in [3.63, 3.8) is 0 Å². The lowest BCUT2D eigenvalue weighted by Gasteiger charge is -2.18. The molecule has 1 N–H and O–H groups in total. The number of benzene rings is 1. The Morgan fingerprint density at radius 3 is 2.70 bits per heavy atom. The average Bonchev–Trinajstić information content (AvgIpc) is 3.41. The number of methoxy groups -OCH3 is 1. The molecule has 1 aliphatic rings. The lowest BCUT2D eigenvalue weighted by atomic mass is 10.2. The standard InChI is InChI=1S/C20H27N5O4S/c1-24(2)10-6-9-22-20-16(14-21)23-19(29-20)15-7-8-17(28-3)18(13-15)30(26,27)25-11-4-5-12-25/h7-8,13,22H,4-6,9-12H2,1-3H3. The van der Waals surface area contributed by atoms with Crippen molar-refractivity contribution in [1.29, 1.82) is 5.26 Å². The summed E-state index contributed by atoms with van der Waals surface area (Å²) >= 11 is 0. The molecule has 9 nitrogen and oxygen atoms in total. The molecule has 0 bridgehead atoms. The number of nitriles is 1. The zero-order chi connectivity index (χ0) is 21.7. The third-order valence-electron chi connectivity index (χ3n) is 4.89. The summed E-state index contributed by atoms with van der Waals surface area (Å²) in [6, 6.07) is 6.77. The van der Waals surface area contributed by atoms with Crippen LogP contribution in [-0.4, -0.2) is 70.0 Å². The Balaban J connectivity index is 1.90. The van der Waals surface area contributed by atoms with E-state index in [0.29, 0.717) is 25.2 Å². The first-order valence-corrected chi connectivity index (χ1v) is 11.3. The molecule has 10 heteroatoms. The summed E-state index contributed by atoms with van der Waals surface area (Å²) in [6.07, 6.45) is 2.55. The molecule has 0 aliphatic carbocycles. The number of oxazole rings is 1. The van der Waals surface area contributed by atoms with Crippen LogP contribution in [0.25, 0.3) is 11.5 Å². The van der Waals surface area contributed by atoms with Crippen LogP contribution < -0.4 is 10.1 Å². The van der Waals surface area contributed by atoms with E-state index in [4.69, 9.17) is 9.15 Å². The molecule has 0 spiro atoms. The number of hydrogen-bond acceptors (Lipinski definition) is 8. The van der Waals surface area contributed by atoms with Crippen molar-refractivity contribution in [3.05, 3.63) is 23.9 Å². The predicted molar refractivity (Wildman–Crippen MR) is 113 cm³/mol. The second-order valence-corrected chi connectivity index (χ2v) is 9.28. The summed E-state index contributed by atoms with van der Waals surface area (Å²) in [4.78, 5) is 6.38. The van der Waals surface area contributed by atoms with Gasteiger partial charge >= 0.3 is 0 Å². The monoisotopic (exact) mass is 433 g/mol. The number of hydrogen-bond donors (Lipinski definition) is 1. The lowest BCUT2D eigenvalue weighted by molar-refractivity contribution is 0.398. The molecule has 3 rings (SSSR count). The number of nitrogens with one attached hydrogen (secondary N) is 1. The number of anilines is 1. The Bertz CT molecular complexity index is 1020. The number of ether oxygens (including phenoxy) is 1. The molecule has 1 fully saturated rings. The quantitative estimate of drug-likeness (QED) is 0.600. The number of rotatable bonds is 9. The van der Waals surface area contributed by atoms with Crippen LogP contribution in [0.1, 0.15) is 25.0 Å². The Morgan fingerprint density at radius 2 is 2.07 bits per heavy atom. The van der Waals surface area contributed by atoms with E-state index < -0.39 is 10.0 Å². The van der Waals surface area contributed by atoms with Crippen LogP contribution in [0, 0.1) is 11.3 Å². The van der Waals surface area contributed by atoms with E-state index >= 15 is 0 Å². The Morgan fingerprint density at radius 1 is 1.33 bits per heavy atom. The van der Waals surface area contributed by atoms with E-state index in [-0.39, 0.29) is 28.1 Å². The van der Waals surface area contributed by atoms with Gasteiger partial charge in [-0.25, -0.2) is 8.42 Å². The zero-order valence-corrected chi connectivity index (χ0v) is 18.3. The average molecular weight is 434 g/mol. The van der Waals surface area contributed by atoms with E-state index in [1.54, 1.807) is 12.1 Å². The highest BCUT2D eigenvalue weighted by Gasteiger charge is 2.30. The maximum absolute atomic E-state index is 13.1. The van der Waals surface area contributed by atoms with Crippen LogP contribution >= 0.6 is 0 Å². The van der Waals surface area contributed by atoms with Gasteiger partial charge in [-0.05, 0) is 58.1 Å². The molecule has 30 heavy (non-hydrogen) atoms. The summed E-state index contributed by atoms with van der Waals surface area (Å²) in [7, 11) is 1.73. The van der Waals surface area contributed by atoms with Gasteiger partial charge in [-0.1, -0.05) is 0 Å². The second-order valence-electron chi connectivity index (χ2n) is 7.37. The first-order valence-electron chi connectivity index (χ1n) is 9.85. The Kier molecular flexibility index (Phi) is 6.97. The van der Waals surface area contributed by atoms with E-state index in [2.05, 4.69) is 15.2 Å². The third kappa shape index (κ3) is 4.75. The van der Waals surface area contributed by atoms with Gasteiger partial charge in [0.05, 0.1) is 7.11 Å². The predicted octanol–water partition coefficient (Wildman–Crippen LogP) is 2.37. The summed E-state index contributed by atoms with van der Waals surface area (Å²) in [6.45, 7) is 2.51. The molecular formula is C20H27N5O4S. The molecule has 1 aromatic carbocycles. The van der Waals surface area contributed by atoms with Crippen molar-refractivity contribution < 1.29 is 17.6 Å².